The Labute approximate surface area is 321 Å². The van der Waals surface area contributed by atoms with Crippen molar-refractivity contribution in [2.24, 2.45) is 11.8 Å². The van der Waals surface area contributed by atoms with Crippen LogP contribution in [0.4, 0.5) is 30.7 Å². The zero-order chi connectivity index (χ0) is 41.8. The molecule has 1 heterocycles. The van der Waals surface area contributed by atoms with Gasteiger partial charge in [0.2, 0.25) is 17.6 Å². The van der Waals surface area contributed by atoms with Crippen LogP contribution in [0.1, 0.15) is 43.6 Å². The van der Waals surface area contributed by atoms with Crippen LogP contribution in [-0.4, -0.2) is 93.2 Å². The fourth-order valence-electron chi connectivity index (χ4n) is 5.80. The molecule has 0 saturated carbocycles. The van der Waals surface area contributed by atoms with Crippen molar-refractivity contribution in [1.29, 1.82) is 0 Å². The molecule has 22 heteroatoms. The highest BCUT2D eigenvalue weighted by atomic mass is 35.5. The van der Waals surface area contributed by atoms with E-state index >= 15 is 8.78 Å². The third-order valence-corrected chi connectivity index (χ3v) is 10.3. The number of carbonyl (C=O) groups excluding carboxylic acids is 5. The molecule has 55 heavy (non-hydrogen) atoms. The van der Waals surface area contributed by atoms with Crippen molar-refractivity contribution in [2.75, 3.05) is 20.2 Å². The number of ether oxygens (including phenoxy) is 1. The molecule has 0 spiro atoms. The van der Waals surface area contributed by atoms with Gasteiger partial charge in [0.15, 0.2) is 0 Å². The van der Waals surface area contributed by atoms with Gasteiger partial charge >= 0.3 is 18.0 Å². The fourth-order valence-corrected chi connectivity index (χ4v) is 7.18. The Bertz CT molecular complexity index is 1860. The molecule has 0 aromatic heterocycles. The van der Waals surface area contributed by atoms with Gasteiger partial charge in [-0.25, -0.2) is 8.42 Å². The molecule has 0 bridgehead atoms. The first-order valence-corrected chi connectivity index (χ1v) is 18.1. The maximum absolute atomic E-state index is 15.3. The first kappa shape index (κ1) is 45.2. The molecule has 3 rings (SSSR count). The van der Waals surface area contributed by atoms with Gasteiger partial charge < -0.3 is 25.6 Å². The standard InChI is InChI=1S/C33H35Cl2F7N4O8S/c1-15(2)24(26(47)33(41,42)29(50)43-14-31(36,37)38)45-27(48)23-11-18(25(55(52)53)17-5-8-20(54-4)9-6-17)13-46(23)28(49)16(3)44-30(51)32(39,40)21-12-19(34)7-10-22(21)35/h5-10,12,15-16,18,23-25,55H,11,13-14H2,1-4H3,(H,43,50)(H,44,51)(H,45,48)/t16-,18+,23-,24-,25?/m0/s1. The normalized spacial score (nSPS) is 18.1. The number of rotatable bonds is 15. The summed E-state index contributed by atoms with van der Waals surface area (Å²) in [7, 11) is -2.02. The van der Waals surface area contributed by atoms with Crippen molar-refractivity contribution < 1.29 is 67.9 Å². The van der Waals surface area contributed by atoms with E-state index in [9.17, 15) is 54.3 Å². The summed E-state index contributed by atoms with van der Waals surface area (Å²) in [6.45, 7) is 0.493. The van der Waals surface area contributed by atoms with Gasteiger partial charge in [0.25, 0.3) is 11.8 Å². The molecule has 1 fully saturated rings. The molecule has 3 N–H and O–H groups in total. The molecular formula is C33H35Cl2F7N4O8S. The summed E-state index contributed by atoms with van der Waals surface area (Å²) in [5, 5.41) is 2.57. The molecule has 5 atom stereocenters. The van der Waals surface area contributed by atoms with Crippen LogP contribution in [0, 0.1) is 11.8 Å². The molecule has 304 valence electrons. The number of carbonyl (C=O) groups is 5. The Morgan fingerprint density at radius 1 is 0.909 bits per heavy atom. The second-order valence-corrected chi connectivity index (χ2v) is 14.8. The average molecular weight is 852 g/mol. The molecule has 1 aliphatic heterocycles. The number of ketones is 1. The Balaban J connectivity index is 1.98. The summed E-state index contributed by atoms with van der Waals surface area (Å²) in [5.74, 6) is -21.0. The number of benzene rings is 2. The quantitative estimate of drug-likeness (QED) is 0.118. The number of Topliss-reactive ketones (excluding diaryl/α,β-unsaturated/α-hetero) is 1. The van der Waals surface area contributed by atoms with Gasteiger partial charge in [0.05, 0.1) is 29.0 Å². The van der Waals surface area contributed by atoms with Gasteiger partial charge in [-0.1, -0.05) is 49.2 Å². The van der Waals surface area contributed by atoms with E-state index in [1.807, 2.05) is 10.6 Å². The fraction of sp³-hybridized carbons (Fsp3) is 0.485. The SMILES string of the molecule is COc1ccc(C([C@@H]2C[C@@H](C(=O)N[C@H](C(=O)C(F)(F)C(=O)NCC(F)(F)F)C(C)C)N(C(=O)[C@H](C)NC(=O)C(F)(F)c3cc(Cl)ccc3Cl)C2)[SH](=O)=O)cc1. The van der Waals surface area contributed by atoms with Crippen LogP contribution in [-0.2, 0) is 40.6 Å². The minimum Gasteiger partial charge on any atom is -0.497 e. The van der Waals surface area contributed by atoms with Crippen molar-refractivity contribution in [1.82, 2.24) is 20.9 Å². The number of halogens is 9. The molecule has 2 aromatic rings. The first-order valence-electron chi connectivity index (χ1n) is 16.1. The van der Waals surface area contributed by atoms with E-state index in [-0.39, 0.29) is 10.6 Å². The molecule has 1 saturated heterocycles. The topological polar surface area (TPSA) is 168 Å². The predicted molar refractivity (Wildman–Crippen MR) is 183 cm³/mol. The maximum Gasteiger partial charge on any atom is 0.405 e. The van der Waals surface area contributed by atoms with E-state index in [2.05, 4.69) is 0 Å². The second kappa shape index (κ2) is 17.7. The number of methoxy groups -OCH3 is 1. The van der Waals surface area contributed by atoms with Crippen LogP contribution in [0.5, 0.6) is 5.75 Å². The molecule has 0 radical (unpaired) electrons. The van der Waals surface area contributed by atoms with E-state index in [1.54, 1.807) is 0 Å². The van der Waals surface area contributed by atoms with E-state index in [0.29, 0.717) is 10.6 Å². The molecule has 2 aromatic carbocycles. The van der Waals surface area contributed by atoms with Crippen molar-refractivity contribution in [3.05, 3.63) is 63.6 Å². The van der Waals surface area contributed by atoms with Crippen LogP contribution in [0.2, 0.25) is 10.0 Å². The average Bonchev–Trinajstić information content (AvgIpc) is 3.54. The highest BCUT2D eigenvalue weighted by molar-refractivity contribution is 7.72. The Hall–Kier alpha value is -4.17. The lowest BCUT2D eigenvalue weighted by Crippen LogP contribution is -2.60. The van der Waals surface area contributed by atoms with Gasteiger partial charge in [-0.2, -0.15) is 30.7 Å². The molecule has 4 amide bonds. The highest BCUT2D eigenvalue weighted by Gasteiger charge is 2.53. The number of hydrogen-bond donors (Lipinski definition) is 4. The zero-order valence-electron chi connectivity index (χ0n) is 29.2. The first-order chi connectivity index (χ1) is 25.3. The predicted octanol–water partition coefficient (Wildman–Crippen LogP) is 4.19. The lowest BCUT2D eigenvalue weighted by molar-refractivity contribution is -0.165. The Kier molecular flexibility index (Phi) is 14.6. The number of amides is 4. The lowest BCUT2D eigenvalue weighted by atomic mass is 9.93. The summed E-state index contributed by atoms with van der Waals surface area (Å²) in [6, 6.07) is 2.64. The van der Waals surface area contributed by atoms with Crippen LogP contribution in [0.25, 0.3) is 0 Å². The van der Waals surface area contributed by atoms with Crippen LogP contribution >= 0.6 is 23.2 Å². The largest absolute Gasteiger partial charge is 0.497 e. The van der Waals surface area contributed by atoms with Crippen molar-refractivity contribution >= 4 is 63.3 Å². The Morgan fingerprint density at radius 2 is 1.51 bits per heavy atom. The maximum atomic E-state index is 15.3. The van der Waals surface area contributed by atoms with E-state index in [0.717, 1.165) is 38.2 Å². The van der Waals surface area contributed by atoms with E-state index < -0.39 is 123 Å². The van der Waals surface area contributed by atoms with Gasteiger partial charge in [-0.15, -0.1) is 0 Å². The summed E-state index contributed by atoms with van der Waals surface area (Å²) in [5.41, 5.74) is -0.832. The molecule has 1 aliphatic rings. The summed E-state index contributed by atoms with van der Waals surface area (Å²) in [6.07, 6.45) is -5.63. The molecule has 12 nitrogen and oxygen atoms in total. The van der Waals surface area contributed by atoms with Crippen molar-refractivity contribution in [3.63, 3.8) is 0 Å². The number of nitrogens with zero attached hydrogens (tertiary/aromatic N) is 1. The van der Waals surface area contributed by atoms with Crippen LogP contribution in [0.3, 0.4) is 0 Å². The zero-order valence-corrected chi connectivity index (χ0v) is 31.6. The van der Waals surface area contributed by atoms with Gasteiger partial charge in [-0.3, -0.25) is 24.0 Å². The summed E-state index contributed by atoms with van der Waals surface area (Å²) >= 11 is 11.6. The van der Waals surface area contributed by atoms with Crippen molar-refractivity contribution in [2.45, 2.75) is 68.6 Å². The summed E-state index contributed by atoms with van der Waals surface area (Å²) < 4.78 is 128. The number of alkyl halides is 7. The smallest absolute Gasteiger partial charge is 0.405 e. The van der Waals surface area contributed by atoms with E-state index in [4.69, 9.17) is 27.9 Å². The Morgan fingerprint density at radius 3 is 2.04 bits per heavy atom. The van der Waals surface area contributed by atoms with Gasteiger partial charge in [-0.05, 0) is 61.1 Å². The monoisotopic (exact) mass is 850 g/mol. The second-order valence-electron chi connectivity index (χ2n) is 12.9. The number of nitrogens with one attached hydrogen (secondary N) is 3. The minimum atomic E-state index is -5.11. The van der Waals surface area contributed by atoms with Crippen molar-refractivity contribution in [3.8, 4) is 5.75 Å². The van der Waals surface area contributed by atoms with Gasteiger partial charge in [0.1, 0.15) is 35.1 Å². The third-order valence-electron chi connectivity index (χ3n) is 8.61. The summed E-state index contributed by atoms with van der Waals surface area (Å²) in [4.78, 5) is 66.0. The van der Waals surface area contributed by atoms with E-state index in [1.165, 1.54) is 37.4 Å². The molecule has 0 aliphatic carbocycles. The number of hydrogen-bond acceptors (Lipinski definition) is 8. The lowest BCUT2D eigenvalue weighted by Gasteiger charge is -2.30. The molecular weight excluding hydrogens is 816 g/mol. The number of thiol groups is 1. The number of likely N-dealkylation sites (tertiary alicyclic amines) is 1. The minimum absolute atomic E-state index is 0.175. The van der Waals surface area contributed by atoms with Crippen LogP contribution < -0.4 is 20.7 Å². The molecule has 1 unspecified atom stereocenters. The third kappa shape index (κ3) is 10.8. The van der Waals surface area contributed by atoms with Gasteiger partial charge in [0, 0.05) is 11.6 Å². The van der Waals surface area contributed by atoms with Crippen LogP contribution in [0.15, 0.2) is 42.5 Å². The highest BCUT2D eigenvalue weighted by Crippen LogP contribution is 2.38.